The van der Waals surface area contributed by atoms with Gasteiger partial charge in [-0.2, -0.15) is 0 Å². The Bertz CT molecular complexity index is 357. The lowest BCUT2D eigenvalue weighted by Crippen LogP contribution is -2.14. The van der Waals surface area contributed by atoms with Gasteiger partial charge in [0.05, 0.1) is 0 Å². The van der Waals surface area contributed by atoms with E-state index in [1.54, 1.807) is 0 Å². The second-order valence-corrected chi connectivity index (χ2v) is 13.7. The zero-order valence-electron chi connectivity index (χ0n) is 10.6. The summed E-state index contributed by atoms with van der Waals surface area (Å²) >= 11 is 18.1. The van der Waals surface area contributed by atoms with Gasteiger partial charge in [0.25, 0.3) is 0 Å². The van der Waals surface area contributed by atoms with E-state index in [-0.39, 0.29) is 0 Å². The van der Waals surface area contributed by atoms with Crippen LogP contribution in [0.1, 0.15) is 31.7 Å². The fraction of sp³-hybridized carbons (Fsp3) is 0.429. The minimum Gasteiger partial charge on any atom is -0.126 e. The predicted octanol–water partition coefficient (Wildman–Crippen LogP) is 6.16. The molecule has 0 aromatic heterocycles. The summed E-state index contributed by atoms with van der Waals surface area (Å²) in [4.78, 5) is 0. The molecule has 0 bridgehead atoms. The lowest BCUT2D eigenvalue weighted by Gasteiger charge is -2.16. The Morgan fingerprint density at radius 2 is 1.83 bits per heavy atom. The summed E-state index contributed by atoms with van der Waals surface area (Å²) in [5.41, 5.74) is 1.20. The first kappa shape index (κ1) is 16.1. The van der Waals surface area contributed by atoms with Gasteiger partial charge in [-0.15, -0.1) is 33.2 Å². The van der Waals surface area contributed by atoms with Gasteiger partial charge in [-0.3, -0.25) is 0 Å². The van der Waals surface area contributed by atoms with Crippen molar-refractivity contribution in [1.29, 1.82) is 0 Å². The van der Waals surface area contributed by atoms with E-state index in [1.807, 2.05) is 18.2 Å². The van der Waals surface area contributed by atoms with Gasteiger partial charge in [0, 0.05) is 0 Å². The van der Waals surface area contributed by atoms with E-state index in [1.165, 1.54) is 18.4 Å². The van der Waals surface area contributed by atoms with Gasteiger partial charge in [0.15, 0.2) is 0 Å². The van der Waals surface area contributed by atoms with Crippen LogP contribution in [0.25, 0.3) is 6.08 Å². The van der Waals surface area contributed by atoms with E-state index in [9.17, 15) is 0 Å². The molecule has 1 rings (SSSR count). The molecule has 1 unspecified atom stereocenters. The average Bonchev–Trinajstić information content (AvgIpc) is 2.32. The maximum absolute atomic E-state index is 6.02. The van der Waals surface area contributed by atoms with Crippen molar-refractivity contribution in [3.05, 3.63) is 42.0 Å². The maximum Gasteiger partial charge on any atom is 0.341 e. The molecule has 0 aliphatic heterocycles. The molecule has 0 aliphatic carbocycles. The van der Waals surface area contributed by atoms with Gasteiger partial charge in [0.1, 0.15) is 0 Å². The van der Waals surface area contributed by atoms with Crippen molar-refractivity contribution in [2.45, 2.75) is 32.2 Å². The van der Waals surface area contributed by atoms with Crippen LogP contribution in [0.4, 0.5) is 0 Å². The van der Waals surface area contributed by atoms with Gasteiger partial charge >= 0.3 is 6.00 Å². The highest BCUT2D eigenvalue weighted by Gasteiger charge is 2.28. The Morgan fingerprint density at radius 3 is 2.39 bits per heavy atom. The number of halogens is 3. The van der Waals surface area contributed by atoms with Crippen molar-refractivity contribution in [3.8, 4) is 0 Å². The standard InChI is InChI=1S/C14H19Cl3Si/c1-2-3-7-14(12-18(15,16)17)11-10-13-8-5-4-6-9-13/h4-6,8-11,14H,2-3,7,12H2,1H3/b11-10+. The Kier molecular flexibility index (Phi) is 7.39. The van der Waals surface area contributed by atoms with Crippen molar-refractivity contribution >= 4 is 45.3 Å². The first-order valence-corrected chi connectivity index (χ1v) is 11.6. The van der Waals surface area contributed by atoms with Crippen molar-refractivity contribution < 1.29 is 0 Å². The van der Waals surface area contributed by atoms with Crippen LogP contribution in [0.2, 0.25) is 6.04 Å². The Balaban J connectivity index is 2.63. The molecule has 0 radical (unpaired) electrons. The van der Waals surface area contributed by atoms with E-state index in [2.05, 4.69) is 31.2 Å². The van der Waals surface area contributed by atoms with E-state index in [0.717, 1.165) is 6.42 Å². The summed E-state index contributed by atoms with van der Waals surface area (Å²) in [6.45, 7) is 2.19. The molecule has 0 heterocycles. The molecule has 1 atom stereocenters. The van der Waals surface area contributed by atoms with Crippen LogP contribution in [-0.2, 0) is 0 Å². The topological polar surface area (TPSA) is 0 Å². The summed E-state index contributed by atoms with van der Waals surface area (Å²) in [6.07, 6.45) is 7.78. The Hall–Kier alpha value is 0.0469. The minimum atomic E-state index is -2.54. The summed E-state index contributed by atoms with van der Waals surface area (Å²) in [6, 6.07) is 8.41. The third-order valence-corrected chi connectivity index (χ3v) is 5.16. The first-order valence-electron chi connectivity index (χ1n) is 6.31. The maximum atomic E-state index is 6.02. The van der Waals surface area contributed by atoms with Crippen LogP contribution in [0.5, 0.6) is 0 Å². The molecule has 0 saturated heterocycles. The molecule has 0 spiro atoms. The van der Waals surface area contributed by atoms with Gasteiger partial charge in [-0.1, -0.05) is 62.2 Å². The molecule has 0 aliphatic rings. The molecular formula is C14H19Cl3Si. The van der Waals surface area contributed by atoms with Gasteiger partial charge < -0.3 is 0 Å². The quantitative estimate of drug-likeness (QED) is 0.416. The number of allylic oxidation sites excluding steroid dienone is 1. The smallest absolute Gasteiger partial charge is 0.126 e. The van der Waals surface area contributed by atoms with Gasteiger partial charge in [-0.25, -0.2) is 0 Å². The first-order chi connectivity index (χ1) is 8.51. The third kappa shape index (κ3) is 7.47. The summed E-state index contributed by atoms with van der Waals surface area (Å²) in [7, 11) is 0. The van der Waals surface area contributed by atoms with Crippen molar-refractivity contribution in [3.63, 3.8) is 0 Å². The molecule has 0 fully saturated rings. The second-order valence-electron chi connectivity index (χ2n) is 4.49. The van der Waals surface area contributed by atoms with Gasteiger partial charge in [-0.05, 0) is 23.9 Å². The Morgan fingerprint density at radius 1 is 1.17 bits per heavy atom. The Labute approximate surface area is 125 Å². The summed E-state index contributed by atoms with van der Waals surface area (Å²) < 4.78 is 0. The lowest BCUT2D eigenvalue weighted by atomic mass is 10.0. The number of hydrogen-bond acceptors (Lipinski definition) is 0. The highest BCUT2D eigenvalue weighted by atomic mass is 35.8. The number of hydrogen-bond donors (Lipinski definition) is 0. The monoisotopic (exact) mass is 320 g/mol. The van der Waals surface area contributed by atoms with Crippen LogP contribution >= 0.6 is 33.2 Å². The number of benzene rings is 1. The fourth-order valence-corrected chi connectivity index (χ4v) is 4.56. The van der Waals surface area contributed by atoms with Crippen LogP contribution in [0, 0.1) is 5.92 Å². The lowest BCUT2D eigenvalue weighted by molar-refractivity contribution is 0.597. The zero-order valence-corrected chi connectivity index (χ0v) is 13.8. The minimum absolute atomic E-state index is 0.379. The summed E-state index contributed by atoms with van der Waals surface area (Å²) in [5, 5.41) is 0. The van der Waals surface area contributed by atoms with Crippen LogP contribution < -0.4 is 0 Å². The molecule has 1 aromatic carbocycles. The second kappa shape index (κ2) is 8.26. The largest absolute Gasteiger partial charge is 0.341 e. The van der Waals surface area contributed by atoms with E-state index in [0.29, 0.717) is 12.0 Å². The molecular weight excluding hydrogens is 303 g/mol. The molecule has 0 amide bonds. The molecule has 0 saturated carbocycles. The zero-order chi connectivity index (χ0) is 13.4. The summed E-state index contributed by atoms with van der Waals surface area (Å²) in [5.74, 6) is 0.379. The molecule has 0 N–H and O–H groups in total. The van der Waals surface area contributed by atoms with Crippen LogP contribution in [0.3, 0.4) is 0 Å². The van der Waals surface area contributed by atoms with Gasteiger partial charge in [0.2, 0.25) is 0 Å². The highest BCUT2D eigenvalue weighted by molar-refractivity contribution is 7.64. The van der Waals surface area contributed by atoms with E-state index < -0.39 is 6.00 Å². The molecule has 0 nitrogen and oxygen atoms in total. The number of unbranched alkanes of at least 4 members (excludes halogenated alkanes) is 1. The van der Waals surface area contributed by atoms with E-state index in [4.69, 9.17) is 33.2 Å². The fourth-order valence-electron chi connectivity index (χ4n) is 1.84. The molecule has 100 valence electrons. The average molecular weight is 322 g/mol. The number of rotatable bonds is 7. The van der Waals surface area contributed by atoms with E-state index >= 15 is 0 Å². The highest BCUT2D eigenvalue weighted by Crippen LogP contribution is 2.32. The SMILES string of the molecule is CCCCC(/C=C/c1ccccc1)C[Si](Cl)(Cl)Cl. The predicted molar refractivity (Wildman–Crippen MR) is 86.6 cm³/mol. The normalized spacial score (nSPS) is 14.0. The van der Waals surface area contributed by atoms with Crippen molar-refractivity contribution in [2.75, 3.05) is 0 Å². The molecule has 1 aromatic rings. The third-order valence-electron chi connectivity index (χ3n) is 2.78. The van der Waals surface area contributed by atoms with Crippen LogP contribution in [-0.4, -0.2) is 6.00 Å². The molecule has 4 heteroatoms. The van der Waals surface area contributed by atoms with Crippen molar-refractivity contribution in [2.24, 2.45) is 5.92 Å². The molecule has 18 heavy (non-hydrogen) atoms. The van der Waals surface area contributed by atoms with Crippen molar-refractivity contribution in [1.82, 2.24) is 0 Å². The van der Waals surface area contributed by atoms with Crippen LogP contribution in [0.15, 0.2) is 36.4 Å².